The topological polar surface area (TPSA) is 40.5 Å². The van der Waals surface area contributed by atoms with Crippen LogP contribution in [0.15, 0.2) is 23.8 Å². The Morgan fingerprint density at radius 1 is 1.41 bits per heavy atom. The van der Waals surface area contributed by atoms with Gasteiger partial charge in [-0.3, -0.25) is 0 Å². The number of aliphatic hydroxyl groups excluding tert-OH is 1. The number of hydrogen-bond acceptors (Lipinski definition) is 2. The molecule has 2 N–H and O–H groups in total. The number of allylic oxidation sites excluding steroid dienone is 1. The van der Waals surface area contributed by atoms with E-state index in [1.54, 1.807) is 0 Å². The second-order valence-corrected chi connectivity index (χ2v) is 5.90. The zero-order valence-corrected chi connectivity index (χ0v) is 11.5. The van der Waals surface area contributed by atoms with E-state index in [0.717, 1.165) is 19.3 Å². The molecule has 0 heterocycles. The normalized spacial score (nSPS) is 40.8. The van der Waals surface area contributed by atoms with Crippen LogP contribution in [0.1, 0.15) is 47.0 Å². The molecule has 0 saturated carbocycles. The van der Waals surface area contributed by atoms with Crippen molar-refractivity contribution in [3.63, 3.8) is 0 Å². The van der Waals surface area contributed by atoms with Crippen LogP contribution < -0.4 is 0 Å². The van der Waals surface area contributed by atoms with Crippen molar-refractivity contribution in [1.29, 1.82) is 0 Å². The van der Waals surface area contributed by atoms with Crippen LogP contribution in [0, 0.1) is 11.8 Å². The van der Waals surface area contributed by atoms with Crippen molar-refractivity contribution in [3.05, 3.63) is 23.8 Å². The molecule has 0 aromatic rings. The smallest absolute Gasteiger partial charge is 0.0802 e. The molecule has 0 aromatic heterocycles. The van der Waals surface area contributed by atoms with Gasteiger partial charge < -0.3 is 10.2 Å². The Balaban J connectivity index is 2.93. The Hall–Kier alpha value is -0.600. The van der Waals surface area contributed by atoms with E-state index in [9.17, 15) is 10.2 Å². The summed E-state index contributed by atoms with van der Waals surface area (Å²) in [5.74, 6) is 0.493. The van der Waals surface area contributed by atoms with Crippen molar-refractivity contribution in [2.24, 2.45) is 11.8 Å². The zero-order chi connectivity index (χ0) is 13.1. The first-order valence-corrected chi connectivity index (χ1v) is 6.57. The minimum absolute atomic E-state index is 0.114. The van der Waals surface area contributed by atoms with Crippen LogP contribution in [0.4, 0.5) is 0 Å². The van der Waals surface area contributed by atoms with E-state index in [-0.39, 0.29) is 12.0 Å². The molecule has 0 aromatic carbocycles. The van der Waals surface area contributed by atoms with E-state index in [2.05, 4.69) is 26.8 Å². The lowest BCUT2D eigenvalue weighted by molar-refractivity contribution is 0.0909. The third-order valence-electron chi connectivity index (χ3n) is 3.57. The number of hydrogen-bond donors (Lipinski definition) is 2. The molecule has 2 nitrogen and oxygen atoms in total. The summed E-state index contributed by atoms with van der Waals surface area (Å²) in [6.45, 7) is 8.11. The van der Waals surface area contributed by atoms with Gasteiger partial charge in [-0.2, -0.15) is 0 Å². The molecular formula is C15H26O2. The molecule has 0 unspecified atom stereocenters. The largest absolute Gasteiger partial charge is 0.392 e. The maximum Gasteiger partial charge on any atom is 0.0802 e. The summed E-state index contributed by atoms with van der Waals surface area (Å²) in [6.07, 6.45) is 7.97. The zero-order valence-electron chi connectivity index (χ0n) is 11.5. The van der Waals surface area contributed by atoms with E-state index >= 15 is 0 Å². The maximum atomic E-state index is 10.2. The summed E-state index contributed by atoms with van der Waals surface area (Å²) in [6, 6.07) is 0. The van der Waals surface area contributed by atoms with Gasteiger partial charge in [-0.1, -0.05) is 37.6 Å². The fourth-order valence-electron chi connectivity index (χ4n) is 2.36. The minimum Gasteiger partial charge on any atom is -0.392 e. The van der Waals surface area contributed by atoms with Crippen molar-refractivity contribution in [3.8, 4) is 0 Å². The third-order valence-corrected chi connectivity index (χ3v) is 3.57. The van der Waals surface area contributed by atoms with E-state index in [1.807, 2.05) is 19.1 Å². The molecule has 1 aliphatic carbocycles. The predicted molar refractivity (Wildman–Crippen MR) is 71.7 cm³/mol. The summed E-state index contributed by atoms with van der Waals surface area (Å²) < 4.78 is 0. The number of aliphatic hydroxyl groups is 2. The summed E-state index contributed by atoms with van der Waals surface area (Å²) in [5.41, 5.74) is 0.454. The van der Waals surface area contributed by atoms with E-state index in [4.69, 9.17) is 0 Å². The quantitative estimate of drug-likeness (QED) is 0.689. The molecule has 17 heavy (non-hydrogen) atoms. The van der Waals surface area contributed by atoms with Crippen LogP contribution >= 0.6 is 0 Å². The van der Waals surface area contributed by atoms with Gasteiger partial charge in [0.25, 0.3) is 0 Å². The highest BCUT2D eigenvalue weighted by molar-refractivity contribution is 5.09. The van der Waals surface area contributed by atoms with Crippen molar-refractivity contribution in [1.82, 2.24) is 0 Å². The predicted octanol–water partition coefficient (Wildman–Crippen LogP) is 3.06. The van der Waals surface area contributed by atoms with Gasteiger partial charge in [0, 0.05) is 5.92 Å². The van der Waals surface area contributed by atoms with Crippen LogP contribution in [0.3, 0.4) is 0 Å². The first kappa shape index (κ1) is 14.5. The Labute approximate surface area is 105 Å². The standard InChI is InChI=1S/C15H26O2/c1-11(2)13-7-9-15(4,17)8-5-6-12(3)10-14(13)16/h6-7,9,11,13-14,16-17H,5,8,10H2,1-4H3/b9-7-,12-6-/t13-,14-,15+/m1/s1. The van der Waals surface area contributed by atoms with Crippen LogP contribution in [0.5, 0.6) is 0 Å². The molecular weight excluding hydrogens is 212 g/mol. The second kappa shape index (κ2) is 5.83. The van der Waals surface area contributed by atoms with E-state index in [1.165, 1.54) is 5.57 Å². The van der Waals surface area contributed by atoms with Gasteiger partial charge >= 0.3 is 0 Å². The molecule has 1 rings (SSSR count). The monoisotopic (exact) mass is 238 g/mol. The Bertz CT molecular complexity index is 300. The Kier molecular flexibility index (Phi) is 4.96. The third kappa shape index (κ3) is 4.64. The van der Waals surface area contributed by atoms with Crippen molar-refractivity contribution in [2.75, 3.05) is 0 Å². The lowest BCUT2D eigenvalue weighted by Gasteiger charge is -2.27. The van der Waals surface area contributed by atoms with Gasteiger partial charge in [0.05, 0.1) is 11.7 Å². The summed E-state index contributed by atoms with van der Waals surface area (Å²) in [7, 11) is 0. The molecule has 0 fully saturated rings. The highest BCUT2D eigenvalue weighted by Gasteiger charge is 2.23. The Morgan fingerprint density at radius 3 is 2.65 bits per heavy atom. The number of rotatable bonds is 1. The molecule has 0 radical (unpaired) electrons. The van der Waals surface area contributed by atoms with Crippen LogP contribution in [-0.4, -0.2) is 21.9 Å². The molecule has 0 bridgehead atoms. The average Bonchev–Trinajstić information content (AvgIpc) is 2.15. The summed E-state index contributed by atoms with van der Waals surface area (Å²) in [4.78, 5) is 0. The SMILES string of the molecule is C/C1=C/CC[C@](C)(O)/C=C\[C@H](C(C)C)[C@H](O)C1. The van der Waals surface area contributed by atoms with Crippen LogP contribution in [0.25, 0.3) is 0 Å². The summed E-state index contributed by atoms with van der Waals surface area (Å²) >= 11 is 0. The van der Waals surface area contributed by atoms with Gasteiger partial charge in [0.2, 0.25) is 0 Å². The van der Waals surface area contributed by atoms with E-state index in [0.29, 0.717) is 5.92 Å². The van der Waals surface area contributed by atoms with Crippen molar-refractivity contribution in [2.45, 2.75) is 58.7 Å². The van der Waals surface area contributed by atoms with Crippen LogP contribution in [0.2, 0.25) is 0 Å². The molecule has 0 amide bonds. The fourth-order valence-corrected chi connectivity index (χ4v) is 2.36. The Morgan fingerprint density at radius 2 is 2.06 bits per heavy atom. The molecule has 0 spiro atoms. The van der Waals surface area contributed by atoms with Gasteiger partial charge in [0.15, 0.2) is 0 Å². The molecule has 2 heteroatoms. The molecule has 3 atom stereocenters. The van der Waals surface area contributed by atoms with Crippen molar-refractivity contribution < 1.29 is 10.2 Å². The first-order chi connectivity index (χ1) is 7.82. The molecule has 0 aliphatic heterocycles. The van der Waals surface area contributed by atoms with Gasteiger partial charge in [-0.25, -0.2) is 0 Å². The first-order valence-electron chi connectivity index (χ1n) is 6.57. The average molecular weight is 238 g/mol. The summed E-state index contributed by atoms with van der Waals surface area (Å²) in [5, 5.41) is 20.4. The molecule has 1 aliphatic rings. The van der Waals surface area contributed by atoms with Gasteiger partial charge in [-0.15, -0.1) is 0 Å². The van der Waals surface area contributed by atoms with Crippen LogP contribution in [-0.2, 0) is 0 Å². The minimum atomic E-state index is -0.763. The molecule has 98 valence electrons. The molecule has 0 saturated heterocycles. The lowest BCUT2D eigenvalue weighted by atomic mass is 9.84. The maximum absolute atomic E-state index is 10.2. The fraction of sp³-hybridized carbons (Fsp3) is 0.733. The van der Waals surface area contributed by atoms with Gasteiger partial charge in [0.1, 0.15) is 0 Å². The van der Waals surface area contributed by atoms with Gasteiger partial charge in [-0.05, 0) is 39.0 Å². The van der Waals surface area contributed by atoms with Crippen molar-refractivity contribution >= 4 is 0 Å². The second-order valence-electron chi connectivity index (χ2n) is 5.90. The highest BCUT2D eigenvalue weighted by atomic mass is 16.3. The van der Waals surface area contributed by atoms with E-state index < -0.39 is 5.60 Å². The lowest BCUT2D eigenvalue weighted by Crippen LogP contribution is -2.27. The highest BCUT2D eigenvalue weighted by Crippen LogP contribution is 2.26.